The Hall–Kier alpha value is -2.27. The minimum Gasteiger partial charge on any atom is -0.486 e. The maximum atomic E-state index is 5.57. The fourth-order valence-electron chi connectivity index (χ4n) is 2.31. The first-order valence-electron chi connectivity index (χ1n) is 7.24. The van der Waals surface area contributed by atoms with Crippen molar-refractivity contribution < 1.29 is 9.47 Å². The van der Waals surface area contributed by atoms with Crippen LogP contribution in [-0.4, -0.2) is 18.3 Å². The third-order valence-corrected chi connectivity index (χ3v) is 3.67. The fourth-order valence-corrected chi connectivity index (χ4v) is 2.60. The van der Waals surface area contributed by atoms with Gasteiger partial charge in [0.1, 0.15) is 13.2 Å². The number of fused-ring (bicyclic) bond motifs is 1. The summed E-state index contributed by atoms with van der Waals surface area (Å²) in [5.41, 5.74) is 2.07. The lowest BCUT2D eigenvalue weighted by molar-refractivity contribution is 0.171. The first-order valence-corrected chi connectivity index (χ1v) is 7.65. The van der Waals surface area contributed by atoms with Crippen LogP contribution < -0.4 is 20.1 Å². The average molecular weight is 314 g/mol. The second-order valence-electron chi connectivity index (χ2n) is 5.09. The molecule has 0 spiro atoms. The predicted molar refractivity (Wildman–Crippen MR) is 91.6 cm³/mol. The molecule has 0 aliphatic carbocycles. The zero-order valence-electron chi connectivity index (χ0n) is 12.3. The molecule has 0 fully saturated rings. The number of rotatable bonds is 3. The van der Waals surface area contributed by atoms with Crippen molar-refractivity contribution in [2.24, 2.45) is 0 Å². The molecule has 4 nitrogen and oxygen atoms in total. The molecule has 1 aliphatic heterocycles. The van der Waals surface area contributed by atoms with E-state index in [1.807, 2.05) is 36.4 Å². The summed E-state index contributed by atoms with van der Waals surface area (Å²) in [7, 11) is 0. The van der Waals surface area contributed by atoms with Gasteiger partial charge in [0, 0.05) is 11.8 Å². The molecule has 0 amide bonds. The Labute approximate surface area is 135 Å². The van der Waals surface area contributed by atoms with Crippen molar-refractivity contribution in [3.05, 3.63) is 54.1 Å². The van der Waals surface area contributed by atoms with Crippen LogP contribution in [0.3, 0.4) is 0 Å². The minimum atomic E-state index is 0.137. The van der Waals surface area contributed by atoms with Crippen molar-refractivity contribution >= 4 is 23.0 Å². The SMILES string of the molecule is C[C@@H](NC(=S)Nc1ccc2c(c1)OCCO2)c1ccccc1. The van der Waals surface area contributed by atoms with Crippen LogP contribution in [-0.2, 0) is 0 Å². The van der Waals surface area contributed by atoms with Crippen molar-refractivity contribution in [3.63, 3.8) is 0 Å². The highest BCUT2D eigenvalue weighted by molar-refractivity contribution is 7.80. The zero-order valence-corrected chi connectivity index (χ0v) is 13.2. The molecule has 2 aromatic carbocycles. The summed E-state index contributed by atoms with van der Waals surface area (Å²) in [5.74, 6) is 1.52. The van der Waals surface area contributed by atoms with Crippen LogP contribution in [0.15, 0.2) is 48.5 Å². The van der Waals surface area contributed by atoms with E-state index in [1.54, 1.807) is 0 Å². The number of hydrogen-bond donors (Lipinski definition) is 2. The van der Waals surface area contributed by atoms with Gasteiger partial charge in [-0.2, -0.15) is 0 Å². The van der Waals surface area contributed by atoms with E-state index < -0.39 is 0 Å². The van der Waals surface area contributed by atoms with Gasteiger partial charge in [-0.1, -0.05) is 30.3 Å². The van der Waals surface area contributed by atoms with Crippen molar-refractivity contribution in [3.8, 4) is 11.5 Å². The summed E-state index contributed by atoms with van der Waals surface area (Å²) in [6.45, 7) is 3.24. The highest BCUT2D eigenvalue weighted by Crippen LogP contribution is 2.32. The highest BCUT2D eigenvalue weighted by Gasteiger charge is 2.12. The molecular weight excluding hydrogens is 296 g/mol. The van der Waals surface area contributed by atoms with Crippen LogP contribution in [0, 0.1) is 0 Å². The Balaban J connectivity index is 1.62. The summed E-state index contributed by atoms with van der Waals surface area (Å²) in [6.07, 6.45) is 0. The van der Waals surface area contributed by atoms with Gasteiger partial charge < -0.3 is 20.1 Å². The second-order valence-corrected chi connectivity index (χ2v) is 5.50. The quantitative estimate of drug-likeness (QED) is 0.849. The Morgan fingerprint density at radius 1 is 1.05 bits per heavy atom. The van der Waals surface area contributed by atoms with Gasteiger partial charge in [-0.3, -0.25) is 0 Å². The maximum Gasteiger partial charge on any atom is 0.171 e. The lowest BCUT2D eigenvalue weighted by Crippen LogP contribution is -2.30. The molecule has 1 aliphatic rings. The molecule has 2 aromatic rings. The Kier molecular flexibility index (Phi) is 4.44. The maximum absolute atomic E-state index is 5.57. The third kappa shape index (κ3) is 3.49. The standard InChI is InChI=1S/C17H18N2O2S/c1-12(13-5-3-2-4-6-13)18-17(22)19-14-7-8-15-16(11-14)21-10-9-20-15/h2-8,11-12H,9-10H2,1H3,(H2,18,19,22)/t12-/m1/s1. The minimum absolute atomic E-state index is 0.137. The summed E-state index contributed by atoms with van der Waals surface area (Å²) in [5, 5.41) is 7.03. The first kappa shape index (κ1) is 14.7. The summed E-state index contributed by atoms with van der Waals surface area (Å²) < 4.78 is 11.1. The van der Waals surface area contributed by atoms with Crippen LogP contribution in [0.5, 0.6) is 11.5 Å². The molecule has 0 radical (unpaired) electrons. The molecule has 22 heavy (non-hydrogen) atoms. The molecule has 5 heteroatoms. The number of hydrogen-bond acceptors (Lipinski definition) is 3. The molecule has 114 valence electrons. The molecule has 0 saturated heterocycles. The van der Waals surface area contributed by atoms with E-state index in [9.17, 15) is 0 Å². The van der Waals surface area contributed by atoms with Crippen molar-refractivity contribution in [2.75, 3.05) is 18.5 Å². The number of nitrogens with one attached hydrogen (secondary N) is 2. The summed E-state index contributed by atoms with van der Waals surface area (Å²) in [6, 6.07) is 16.0. The molecular formula is C17H18N2O2S. The Morgan fingerprint density at radius 3 is 2.55 bits per heavy atom. The molecule has 2 N–H and O–H groups in total. The van der Waals surface area contributed by atoms with E-state index in [2.05, 4.69) is 29.7 Å². The normalized spacial score (nSPS) is 14.0. The van der Waals surface area contributed by atoms with Gasteiger partial charge in [-0.15, -0.1) is 0 Å². The Morgan fingerprint density at radius 2 is 1.77 bits per heavy atom. The lowest BCUT2D eigenvalue weighted by Gasteiger charge is -2.20. The van der Waals surface area contributed by atoms with E-state index in [0.29, 0.717) is 18.3 Å². The van der Waals surface area contributed by atoms with Gasteiger partial charge >= 0.3 is 0 Å². The second kappa shape index (κ2) is 6.66. The fraction of sp³-hybridized carbons (Fsp3) is 0.235. The van der Waals surface area contributed by atoms with Gasteiger partial charge in [0.15, 0.2) is 16.6 Å². The molecule has 0 unspecified atom stereocenters. The number of benzene rings is 2. The molecule has 1 atom stereocenters. The number of thiocarbonyl (C=S) groups is 1. The zero-order chi connectivity index (χ0) is 15.4. The highest BCUT2D eigenvalue weighted by atomic mass is 32.1. The van der Waals surface area contributed by atoms with E-state index in [1.165, 1.54) is 5.56 Å². The van der Waals surface area contributed by atoms with Crippen molar-refractivity contribution in [1.29, 1.82) is 0 Å². The largest absolute Gasteiger partial charge is 0.486 e. The van der Waals surface area contributed by atoms with Gasteiger partial charge in [-0.05, 0) is 36.8 Å². The molecule has 1 heterocycles. The molecule has 0 bridgehead atoms. The smallest absolute Gasteiger partial charge is 0.171 e. The molecule has 3 rings (SSSR count). The number of ether oxygens (including phenoxy) is 2. The van der Waals surface area contributed by atoms with Gasteiger partial charge in [0.25, 0.3) is 0 Å². The Bertz CT molecular complexity index is 661. The van der Waals surface area contributed by atoms with E-state index in [-0.39, 0.29) is 6.04 Å². The average Bonchev–Trinajstić information content (AvgIpc) is 2.55. The van der Waals surface area contributed by atoms with Crippen LogP contribution in [0.4, 0.5) is 5.69 Å². The van der Waals surface area contributed by atoms with Crippen molar-refractivity contribution in [2.45, 2.75) is 13.0 Å². The van der Waals surface area contributed by atoms with Crippen LogP contribution in [0.1, 0.15) is 18.5 Å². The topological polar surface area (TPSA) is 42.5 Å². The first-order chi connectivity index (χ1) is 10.7. The lowest BCUT2D eigenvalue weighted by atomic mass is 10.1. The van der Waals surface area contributed by atoms with E-state index >= 15 is 0 Å². The van der Waals surface area contributed by atoms with Crippen LogP contribution in [0.25, 0.3) is 0 Å². The van der Waals surface area contributed by atoms with Gasteiger partial charge in [0.2, 0.25) is 0 Å². The molecule has 0 aromatic heterocycles. The van der Waals surface area contributed by atoms with Crippen molar-refractivity contribution in [1.82, 2.24) is 5.32 Å². The van der Waals surface area contributed by atoms with E-state index in [0.717, 1.165) is 17.2 Å². The van der Waals surface area contributed by atoms with Crippen LogP contribution in [0.2, 0.25) is 0 Å². The number of anilines is 1. The summed E-state index contributed by atoms with van der Waals surface area (Å²) >= 11 is 5.37. The summed E-state index contributed by atoms with van der Waals surface area (Å²) in [4.78, 5) is 0. The van der Waals surface area contributed by atoms with Gasteiger partial charge in [0.05, 0.1) is 6.04 Å². The van der Waals surface area contributed by atoms with Crippen LogP contribution >= 0.6 is 12.2 Å². The monoisotopic (exact) mass is 314 g/mol. The third-order valence-electron chi connectivity index (χ3n) is 3.45. The predicted octanol–water partition coefficient (Wildman–Crippen LogP) is 3.51. The van der Waals surface area contributed by atoms with Gasteiger partial charge in [-0.25, -0.2) is 0 Å². The molecule has 0 saturated carbocycles. The van der Waals surface area contributed by atoms with E-state index in [4.69, 9.17) is 21.7 Å².